The van der Waals surface area contributed by atoms with E-state index in [0.717, 1.165) is 17.9 Å². The molecule has 1 heteroatoms. The van der Waals surface area contributed by atoms with Crippen LogP contribution < -0.4 is 5.32 Å². The average molecular weight is 273 g/mol. The maximum Gasteiger partial charge on any atom is 0.00671 e. The summed E-state index contributed by atoms with van der Waals surface area (Å²) < 4.78 is 0. The predicted molar refractivity (Wildman–Crippen MR) is 88.0 cm³/mol. The van der Waals surface area contributed by atoms with E-state index >= 15 is 0 Å². The Bertz CT molecular complexity index is 357. The van der Waals surface area contributed by atoms with E-state index in [1.54, 1.807) is 0 Å². The van der Waals surface area contributed by atoms with Crippen molar-refractivity contribution in [2.45, 2.75) is 64.8 Å². The van der Waals surface area contributed by atoms with Gasteiger partial charge in [-0.3, -0.25) is 0 Å². The van der Waals surface area contributed by atoms with Crippen molar-refractivity contribution in [2.24, 2.45) is 11.8 Å². The Labute approximate surface area is 125 Å². The largest absolute Gasteiger partial charge is 0.314 e. The highest BCUT2D eigenvalue weighted by molar-refractivity contribution is 5.14. The van der Waals surface area contributed by atoms with Gasteiger partial charge in [0.25, 0.3) is 0 Å². The lowest BCUT2D eigenvalue weighted by atomic mass is 9.89. The Morgan fingerprint density at radius 2 is 1.85 bits per heavy atom. The quantitative estimate of drug-likeness (QED) is 0.579. The van der Waals surface area contributed by atoms with Crippen LogP contribution in [0.15, 0.2) is 30.3 Å². The van der Waals surface area contributed by atoms with Gasteiger partial charge in [0.1, 0.15) is 0 Å². The first kappa shape index (κ1) is 15.6. The highest BCUT2D eigenvalue weighted by atomic mass is 14.9. The molecule has 1 N–H and O–H groups in total. The number of aryl methyl sites for hydroxylation is 1. The highest BCUT2D eigenvalue weighted by Crippen LogP contribution is 2.28. The van der Waals surface area contributed by atoms with Crippen molar-refractivity contribution in [1.82, 2.24) is 5.32 Å². The van der Waals surface area contributed by atoms with Gasteiger partial charge in [0.2, 0.25) is 0 Å². The van der Waals surface area contributed by atoms with Crippen molar-refractivity contribution >= 4 is 0 Å². The fraction of sp³-hybridized carbons (Fsp3) is 0.684. The van der Waals surface area contributed by atoms with E-state index in [0.29, 0.717) is 0 Å². The van der Waals surface area contributed by atoms with E-state index in [1.807, 2.05) is 0 Å². The topological polar surface area (TPSA) is 12.0 Å². The van der Waals surface area contributed by atoms with E-state index in [2.05, 4.69) is 49.5 Å². The molecule has 1 fully saturated rings. The van der Waals surface area contributed by atoms with Crippen molar-refractivity contribution in [1.29, 1.82) is 0 Å². The maximum atomic E-state index is 3.79. The zero-order valence-corrected chi connectivity index (χ0v) is 13.3. The molecule has 1 aliphatic carbocycles. The van der Waals surface area contributed by atoms with Gasteiger partial charge in [-0.2, -0.15) is 0 Å². The van der Waals surface area contributed by atoms with E-state index in [9.17, 15) is 0 Å². The molecular formula is C19H31N. The van der Waals surface area contributed by atoms with Gasteiger partial charge in [-0.15, -0.1) is 0 Å². The number of benzene rings is 1. The van der Waals surface area contributed by atoms with Gasteiger partial charge in [-0.05, 0) is 56.0 Å². The molecule has 0 heterocycles. The molecule has 0 bridgehead atoms. The lowest BCUT2D eigenvalue weighted by Gasteiger charge is -2.19. The van der Waals surface area contributed by atoms with Crippen LogP contribution in [0.1, 0.15) is 57.9 Å². The van der Waals surface area contributed by atoms with E-state index in [1.165, 1.54) is 57.1 Å². The molecule has 0 spiro atoms. The summed E-state index contributed by atoms with van der Waals surface area (Å²) in [7, 11) is 0. The third-order valence-corrected chi connectivity index (χ3v) is 4.87. The van der Waals surface area contributed by atoms with Crippen LogP contribution in [-0.4, -0.2) is 12.6 Å². The minimum Gasteiger partial charge on any atom is -0.314 e. The average Bonchev–Trinajstić information content (AvgIpc) is 2.70. The number of hydrogen-bond donors (Lipinski definition) is 1. The zero-order valence-electron chi connectivity index (χ0n) is 13.3. The van der Waals surface area contributed by atoms with Gasteiger partial charge in [0.05, 0.1) is 0 Å². The number of nitrogens with one attached hydrogen (secondary N) is 1. The summed E-state index contributed by atoms with van der Waals surface area (Å²) in [5, 5.41) is 3.79. The minimum absolute atomic E-state index is 0.773. The maximum absolute atomic E-state index is 3.79. The molecule has 0 amide bonds. The second kappa shape index (κ2) is 8.46. The molecule has 20 heavy (non-hydrogen) atoms. The summed E-state index contributed by atoms with van der Waals surface area (Å²) in [5.41, 5.74) is 1.47. The van der Waals surface area contributed by atoms with E-state index in [-0.39, 0.29) is 0 Å². The molecule has 1 nitrogen and oxygen atoms in total. The SMILES string of the molecule is CC(C)C1CCCC(NCCCc2ccccc2)CC1. The Morgan fingerprint density at radius 1 is 1.05 bits per heavy atom. The summed E-state index contributed by atoms with van der Waals surface area (Å²) in [4.78, 5) is 0. The molecule has 112 valence electrons. The molecular weight excluding hydrogens is 242 g/mol. The van der Waals surface area contributed by atoms with Crippen molar-refractivity contribution < 1.29 is 0 Å². The van der Waals surface area contributed by atoms with Crippen LogP contribution in [0.4, 0.5) is 0 Å². The van der Waals surface area contributed by atoms with E-state index < -0.39 is 0 Å². The van der Waals surface area contributed by atoms with Crippen LogP contribution in [0.5, 0.6) is 0 Å². The molecule has 0 radical (unpaired) electrons. The fourth-order valence-corrected chi connectivity index (χ4v) is 3.44. The fourth-order valence-electron chi connectivity index (χ4n) is 3.44. The van der Waals surface area contributed by atoms with Crippen LogP contribution >= 0.6 is 0 Å². The predicted octanol–water partition coefficient (Wildman–Crippen LogP) is 4.81. The summed E-state index contributed by atoms with van der Waals surface area (Å²) in [6.45, 7) is 5.95. The Balaban J connectivity index is 1.62. The van der Waals surface area contributed by atoms with Crippen LogP contribution in [0.3, 0.4) is 0 Å². The molecule has 2 atom stereocenters. The lowest BCUT2D eigenvalue weighted by molar-refractivity contribution is 0.338. The van der Waals surface area contributed by atoms with Gasteiger partial charge in [0, 0.05) is 6.04 Å². The minimum atomic E-state index is 0.773. The molecule has 1 aliphatic rings. The summed E-state index contributed by atoms with van der Waals surface area (Å²) in [6, 6.07) is 11.6. The summed E-state index contributed by atoms with van der Waals surface area (Å²) in [5.74, 6) is 1.83. The molecule has 1 aromatic carbocycles. The van der Waals surface area contributed by atoms with Crippen molar-refractivity contribution in [3.63, 3.8) is 0 Å². The van der Waals surface area contributed by atoms with Crippen molar-refractivity contribution in [3.05, 3.63) is 35.9 Å². The van der Waals surface area contributed by atoms with Crippen LogP contribution in [0.2, 0.25) is 0 Å². The third kappa shape index (κ3) is 5.28. The molecule has 2 unspecified atom stereocenters. The highest BCUT2D eigenvalue weighted by Gasteiger charge is 2.20. The summed E-state index contributed by atoms with van der Waals surface area (Å²) >= 11 is 0. The van der Waals surface area contributed by atoms with E-state index in [4.69, 9.17) is 0 Å². The van der Waals surface area contributed by atoms with Gasteiger partial charge in [-0.1, -0.05) is 57.0 Å². The lowest BCUT2D eigenvalue weighted by Crippen LogP contribution is -2.29. The van der Waals surface area contributed by atoms with Gasteiger partial charge in [0.15, 0.2) is 0 Å². The second-order valence-corrected chi connectivity index (χ2v) is 6.75. The van der Waals surface area contributed by atoms with Gasteiger partial charge in [-0.25, -0.2) is 0 Å². The first-order valence-corrected chi connectivity index (χ1v) is 8.53. The van der Waals surface area contributed by atoms with Gasteiger partial charge >= 0.3 is 0 Å². The van der Waals surface area contributed by atoms with Crippen LogP contribution in [0.25, 0.3) is 0 Å². The first-order valence-electron chi connectivity index (χ1n) is 8.53. The summed E-state index contributed by atoms with van der Waals surface area (Å²) in [6.07, 6.45) is 9.51. The first-order chi connectivity index (χ1) is 9.75. The Kier molecular flexibility index (Phi) is 6.59. The smallest absolute Gasteiger partial charge is 0.00671 e. The standard InChI is InChI=1S/C19H31N/c1-16(2)18-11-6-12-19(14-13-18)20-15-7-10-17-8-4-3-5-9-17/h3-5,8-9,16,18-20H,6-7,10-15H2,1-2H3. The molecule has 1 aromatic rings. The number of hydrogen-bond acceptors (Lipinski definition) is 1. The molecule has 1 saturated carbocycles. The monoisotopic (exact) mass is 273 g/mol. The van der Waals surface area contributed by atoms with Crippen molar-refractivity contribution in [2.75, 3.05) is 6.54 Å². The molecule has 0 aromatic heterocycles. The van der Waals surface area contributed by atoms with Crippen LogP contribution in [-0.2, 0) is 6.42 Å². The third-order valence-electron chi connectivity index (χ3n) is 4.87. The second-order valence-electron chi connectivity index (χ2n) is 6.75. The Hall–Kier alpha value is -0.820. The normalized spacial score (nSPS) is 23.8. The molecule has 0 aliphatic heterocycles. The molecule has 2 rings (SSSR count). The molecule has 0 saturated heterocycles. The Morgan fingerprint density at radius 3 is 2.60 bits per heavy atom. The zero-order chi connectivity index (χ0) is 14.2. The number of rotatable bonds is 6. The van der Waals surface area contributed by atoms with Crippen molar-refractivity contribution in [3.8, 4) is 0 Å². The van der Waals surface area contributed by atoms with Crippen LogP contribution in [0, 0.1) is 11.8 Å². The van der Waals surface area contributed by atoms with Gasteiger partial charge < -0.3 is 5.32 Å².